The Kier molecular flexibility index (Phi) is 4.58. The fraction of sp³-hybridized carbons (Fsp3) is 0.133. The summed E-state index contributed by atoms with van der Waals surface area (Å²) in [6, 6.07) is 15.0. The van der Waals surface area contributed by atoms with Crippen molar-refractivity contribution in [1.29, 1.82) is 0 Å². The molecule has 0 unspecified atom stereocenters. The van der Waals surface area contributed by atoms with Gasteiger partial charge in [-0.2, -0.15) is 0 Å². The van der Waals surface area contributed by atoms with Gasteiger partial charge in [0.25, 0.3) is 5.91 Å². The fourth-order valence-corrected chi connectivity index (χ4v) is 1.98. The highest BCUT2D eigenvalue weighted by molar-refractivity contribution is 9.10. The van der Waals surface area contributed by atoms with Gasteiger partial charge in [-0.3, -0.25) is 4.79 Å². The zero-order valence-electron chi connectivity index (χ0n) is 10.5. The van der Waals surface area contributed by atoms with Crippen molar-refractivity contribution >= 4 is 21.8 Å². The first kappa shape index (κ1) is 13.6. The lowest BCUT2D eigenvalue weighted by Gasteiger charge is -2.09. The Morgan fingerprint density at radius 2 is 1.84 bits per heavy atom. The van der Waals surface area contributed by atoms with Gasteiger partial charge in [-0.05, 0) is 29.8 Å². The molecule has 4 heteroatoms. The monoisotopic (exact) mass is 319 g/mol. The number of halogens is 1. The Bertz CT molecular complexity index is 567. The van der Waals surface area contributed by atoms with E-state index in [1.54, 1.807) is 19.2 Å². The average Bonchev–Trinajstić information content (AvgIpc) is 2.46. The second-order valence-corrected chi connectivity index (χ2v) is 4.93. The third-order valence-corrected chi connectivity index (χ3v) is 3.25. The number of hydrogen-bond donors (Lipinski definition) is 1. The van der Waals surface area contributed by atoms with Gasteiger partial charge in [-0.15, -0.1) is 0 Å². The Morgan fingerprint density at radius 1 is 1.16 bits per heavy atom. The Labute approximate surface area is 120 Å². The minimum atomic E-state index is -0.139. The number of carbonyl (C=O) groups is 1. The molecule has 2 aromatic rings. The molecule has 0 saturated heterocycles. The molecule has 19 heavy (non-hydrogen) atoms. The lowest BCUT2D eigenvalue weighted by Crippen LogP contribution is -2.23. The molecule has 0 fully saturated rings. The van der Waals surface area contributed by atoms with Gasteiger partial charge in [0.05, 0.1) is 12.7 Å². The van der Waals surface area contributed by atoms with Crippen LogP contribution < -0.4 is 10.1 Å². The first-order valence-electron chi connectivity index (χ1n) is 5.86. The lowest BCUT2D eigenvalue weighted by molar-refractivity contribution is 0.0948. The van der Waals surface area contributed by atoms with Gasteiger partial charge < -0.3 is 10.1 Å². The van der Waals surface area contributed by atoms with Gasteiger partial charge >= 0.3 is 0 Å². The van der Waals surface area contributed by atoms with Gasteiger partial charge in [0, 0.05) is 11.0 Å². The van der Waals surface area contributed by atoms with E-state index in [4.69, 9.17) is 4.74 Å². The molecule has 1 N–H and O–H groups in total. The predicted molar refractivity (Wildman–Crippen MR) is 78.3 cm³/mol. The van der Waals surface area contributed by atoms with Gasteiger partial charge in [0.2, 0.25) is 0 Å². The number of methoxy groups -OCH3 is 1. The molecule has 0 saturated carbocycles. The summed E-state index contributed by atoms with van der Waals surface area (Å²) in [5.74, 6) is 0.441. The van der Waals surface area contributed by atoms with Gasteiger partial charge in [-0.25, -0.2) is 0 Å². The number of benzene rings is 2. The molecule has 0 aliphatic heterocycles. The summed E-state index contributed by atoms with van der Waals surface area (Å²) in [5, 5.41) is 2.88. The topological polar surface area (TPSA) is 38.3 Å². The molecule has 0 aliphatic rings. The third kappa shape index (κ3) is 3.58. The number of ether oxygens (including phenoxy) is 1. The van der Waals surface area contributed by atoms with Crippen molar-refractivity contribution in [2.45, 2.75) is 6.54 Å². The summed E-state index contributed by atoms with van der Waals surface area (Å²) in [6.45, 7) is 0.490. The van der Waals surface area contributed by atoms with E-state index in [-0.39, 0.29) is 5.91 Å². The van der Waals surface area contributed by atoms with Crippen LogP contribution in [0.3, 0.4) is 0 Å². The van der Waals surface area contributed by atoms with Crippen LogP contribution in [0.4, 0.5) is 0 Å². The van der Waals surface area contributed by atoms with E-state index in [1.165, 1.54) is 0 Å². The molecule has 2 aromatic carbocycles. The molecule has 0 aromatic heterocycles. The largest absolute Gasteiger partial charge is 0.496 e. The second kappa shape index (κ2) is 6.38. The Balaban J connectivity index is 2.03. The van der Waals surface area contributed by atoms with Crippen molar-refractivity contribution in [2.24, 2.45) is 0 Å². The summed E-state index contributed by atoms with van der Waals surface area (Å²) in [7, 11) is 1.56. The summed E-state index contributed by atoms with van der Waals surface area (Å²) >= 11 is 3.38. The zero-order chi connectivity index (χ0) is 13.7. The minimum Gasteiger partial charge on any atom is -0.496 e. The summed E-state index contributed by atoms with van der Waals surface area (Å²) in [5.41, 5.74) is 1.59. The van der Waals surface area contributed by atoms with Crippen LogP contribution in [0.2, 0.25) is 0 Å². The van der Waals surface area contributed by atoms with Crippen molar-refractivity contribution in [3.63, 3.8) is 0 Å². The molecular formula is C15H14BrNO2. The first-order valence-corrected chi connectivity index (χ1v) is 6.65. The maximum absolute atomic E-state index is 12.1. The molecule has 98 valence electrons. The highest BCUT2D eigenvalue weighted by Gasteiger charge is 2.10. The van der Waals surface area contributed by atoms with E-state index < -0.39 is 0 Å². The van der Waals surface area contributed by atoms with E-state index in [2.05, 4.69) is 21.2 Å². The average molecular weight is 320 g/mol. The highest BCUT2D eigenvalue weighted by Crippen LogP contribution is 2.17. The molecular weight excluding hydrogens is 306 g/mol. The smallest absolute Gasteiger partial charge is 0.255 e. The number of carbonyl (C=O) groups excluding carboxylic acids is 1. The maximum atomic E-state index is 12.1. The van der Waals surface area contributed by atoms with Crippen LogP contribution >= 0.6 is 15.9 Å². The van der Waals surface area contributed by atoms with E-state index in [9.17, 15) is 4.79 Å². The number of rotatable bonds is 4. The molecule has 3 nitrogen and oxygen atoms in total. The number of para-hydroxylation sites is 1. The van der Waals surface area contributed by atoms with Crippen LogP contribution in [0.5, 0.6) is 5.75 Å². The standard InChI is InChI=1S/C15H14BrNO2/c1-19-14-5-3-2-4-13(14)15(18)17-10-11-6-8-12(16)9-7-11/h2-9H,10H2,1H3,(H,17,18). The highest BCUT2D eigenvalue weighted by atomic mass is 79.9. The predicted octanol–water partition coefficient (Wildman–Crippen LogP) is 3.39. The molecule has 1 amide bonds. The van der Waals surface area contributed by atoms with Crippen molar-refractivity contribution in [2.75, 3.05) is 7.11 Å². The van der Waals surface area contributed by atoms with Crippen LogP contribution in [-0.4, -0.2) is 13.0 Å². The molecule has 0 bridgehead atoms. The zero-order valence-corrected chi connectivity index (χ0v) is 12.1. The van der Waals surface area contributed by atoms with Crippen LogP contribution in [-0.2, 0) is 6.54 Å². The third-order valence-electron chi connectivity index (χ3n) is 2.72. The summed E-state index contributed by atoms with van der Waals surface area (Å²) in [4.78, 5) is 12.1. The number of nitrogens with one attached hydrogen (secondary N) is 1. The Hall–Kier alpha value is -1.81. The van der Waals surface area contributed by atoms with Crippen LogP contribution in [0.1, 0.15) is 15.9 Å². The number of hydrogen-bond acceptors (Lipinski definition) is 2. The lowest BCUT2D eigenvalue weighted by atomic mass is 10.1. The van der Waals surface area contributed by atoms with Crippen LogP contribution in [0.15, 0.2) is 53.0 Å². The van der Waals surface area contributed by atoms with E-state index in [0.717, 1.165) is 10.0 Å². The molecule has 0 aliphatic carbocycles. The van der Waals surface area contributed by atoms with Crippen molar-refractivity contribution in [3.8, 4) is 5.75 Å². The number of amides is 1. The second-order valence-electron chi connectivity index (χ2n) is 4.01. The quantitative estimate of drug-likeness (QED) is 0.938. The SMILES string of the molecule is COc1ccccc1C(=O)NCc1ccc(Br)cc1. The summed E-state index contributed by atoms with van der Waals surface area (Å²) in [6.07, 6.45) is 0. The van der Waals surface area contributed by atoms with Crippen molar-refractivity contribution in [3.05, 3.63) is 64.1 Å². The molecule has 0 heterocycles. The minimum absolute atomic E-state index is 0.139. The molecule has 0 atom stereocenters. The first-order chi connectivity index (χ1) is 9.20. The van der Waals surface area contributed by atoms with Crippen molar-refractivity contribution < 1.29 is 9.53 Å². The molecule has 0 spiro atoms. The van der Waals surface area contributed by atoms with Gasteiger partial charge in [0.1, 0.15) is 5.75 Å². The molecule has 0 radical (unpaired) electrons. The summed E-state index contributed by atoms with van der Waals surface area (Å²) < 4.78 is 6.19. The van der Waals surface area contributed by atoms with Crippen LogP contribution in [0.25, 0.3) is 0 Å². The van der Waals surface area contributed by atoms with Crippen molar-refractivity contribution in [1.82, 2.24) is 5.32 Å². The van der Waals surface area contributed by atoms with E-state index >= 15 is 0 Å². The van der Waals surface area contributed by atoms with Gasteiger partial charge in [-0.1, -0.05) is 40.2 Å². The maximum Gasteiger partial charge on any atom is 0.255 e. The normalized spacial score (nSPS) is 10.0. The van der Waals surface area contributed by atoms with E-state index in [0.29, 0.717) is 17.9 Å². The molecule has 2 rings (SSSR count). The Morgan fingerprint density at radius 3 is 2.53 bits per heavy atom. The van der Waals surface area contributed by atoms with E-state index in [1.807, 2.05) is 36.4 Å². The fourth-order valence-electron chi connectivity index (χ4n) is 1.71. The van der Waals surface area contributed by atoms with Gasteiger partial charge in [0.15, 0.2) is 0 Å². The van der Waals surface area contributed by atoms with Crippen LogP contribution in [0, 0.1) is 0 Å².